The summed E-state index contributed by atoms with van der Waals surface area (Å²) in [5.41, 5.74) is 4.55. The number of nitrogens with zero attached hydrogens (tertiary/aromatic N) is 2. The van der Waals surface area contributed by atoms with Gasteiger partial charge in [0.25, 0.3) is 5.91 Å². The molecule has 25 heavy (non-hydrogen) atoms. The number of aliphatic hydroxyl groups is 1. The number of fused-ring (bicyclic) bond motifs is 1. The van der Waals surface area contributed by atoms with Crippen molar-refractivity contribution in [1.29, 1.82) is 5.41 Å². The molecule has 5 nitrogen and oxygen atoms in total. The van der Waals surface area contributed by atoms with Gasteiger partial charge in [-0.25, -0.2) is 0 Å². The van der Waals surface area contributed by atoms with Crippen molar-refractivity contribution >= 4 is 23.0 Å². The number of para-hydroxylation sites is 1. The quantitative estimate of drug-likeness (QED) is 0.846. The predicted molar refractivity (Wildman–Crippen MR) is 101 cm³/mol. The van der Waals surface area contributed by atoms with Crippen LogP contribution in [0.25, 0.3) is 0 Å². The molecule has 2 aromatic rings. The minimum atomic E-state index is -1.07. The van der Waals surface area contributed by atoms with Crippen LogP contribution in [0.4, 0.5) is 11.4 Å². The molecule has 2 N–H and O–H groups in total. The maximum Gasteiger partial charge on any atom is 0.255 e. The lowest BCUT2D eigenvalue weighted by Gasteiger charge is -2.37. The zero-order chi connectivity index (χ0) is 18.1. The molecule has 1 amide bonds. The Balaban J connectivity index is 2.16. The first-order valence-corrected chi connectivity index (χ1v) is 8.40. The van der Waals surface area contributed by atoms with E-state index in [-0.39, 0.29) is 5.91 Å². The molecule has 0 fully saturated rings. The molecule has 0 aliphatic carbocycles. The smallest absolute Gasteiger partial charge is 0.255 e. The highest BCUT2D eigenvalue weighted by Crippen LogP contribution is 2.37. The lowest BCUT2D eigenvalue weighted by Crippen LogP contribution is -2.47. The fraction of sp³-hybridized carbons (Fsp3) is 0.300. The Kier molecular flexibility index (Phi) is 4.59. The molecule has 1 aliphatic heterocycles. The molecule has 0 bridgehead atoms. The normalized spacial score (nSPS) is 14.9. The summed E-state index contributed by atoms with van der Waals surface area (Å²) in [4.78, 5) is 16.2. The number of hydrogen-bond acceptors (Lipinski definition) is 4. The fourth-order valence-corrected chi connectivity index (χ4v) is 3.25. The molecule has 2 aromatic carbocycles. The molecule has 0 radical (unpaired) electrons. The molecule has 1 heterocycles. The third-order valence-corrected chi connectivity index (χ3v) is 4.66. The number of carbonyl (C=O) groups excluding carboxylic acids is 1. The van der Waals surface area contributed by atoms with Crippen LogP contribution in [0, 0.1) is 12.3 Å². The number of amides is 1. The molecule has 130 valence electrons. The van der Waals surface area contributed by atoms with E-state index in [2.05, 4.69) is 4.90 Å². The van der Waals surface area contributed by atoms with Crippen LogP contribution in [0.15, 0.2) is 42.5 Å². The van der Waals surface area contributed by atoms with Crippen LogP contribution in [0.2, 0.25) is 0 Å². The van der Waals surface area contributed by atoms with Gasteiger partial charge < -0.3 is 14.9 Å². The monoisotopic (exact) mass is 337 g/mol. The molecule has 0 aromatic heterocycles. The Bertz CT molecular complexity index is 829. The number of likely N-dealkylation sites (N-methyl/N-ethyl adjacent to an activating group) is 1. The number of aryl methyl sites for hydroxylation is 1. The van der Waals surface area contributed by atoms with Crippen LogP contribution in [0.5, 0.6) is 0 Å². The summed E-state index contributed by atoms with van der Waals surface area (Å²) in [5.74, 6) is -0.334. The van der Waals surface area contributed by atoms with E-state index in [0.717, 1.165) is 16.8 Å². The maximum atomic E-state index is 12.5. The second-order valence-electron chi connectivity index (χ2n) is 6.45. The molecular weight excluding hydrogens is 314 g/mol. The van der Waals surface area contributed by atoms with Gasteiger partial charge in [0.2, 0.25) is 0 Å². The first-order valence-electron chi connectivity index (χ1n) is 8.40. The Labute approximate surface area is 148 Å². The molecule has 1 aliphatic rings. The van der Waals surface area contributed by atoms with Crippen LogP contribution in [0.1, 0.15) is 23.6 Å². The Morgan fingerprint density at radius 2 is 1.80 bits per heavy atom. The van der Waals surface area contributed by atoms with Crippen molar-refractivity contribution in [2.45, 2.75) is 20.0 Å². The van der Waals surface area contributed by atoms with Crippen molar-refractivity contribution in [1.82, 2.24) is 0 Å². The lowest BCUT2D eigenvalue weighted by atomic mass is 9.95. The van der Waals surface area contributed by atoms with Gasteiger partial charge in [-0.1, -0.05) is 36.4 Å². The van der Waals surface area contributed by atoms with Gasteiger partial charge >= 0.3 is 0 Å². The number of rotatable bonds is 3. The van der Waals surface area contributed by atoms with E-state index in [9.17, 15) is 9.90 Å². The summed E-state index contributed by atoms with van der Waals surface area (Å²) in [6.07, 6.45) is -1.07. The van der Waals surface area contributed by atoms with Gasteiger partial charge in [-0.3, -0.25) is 10.2 Å². The summed E-state index contributed by atoms with van der Waals surface area (Å²) in [7, 11) is 1.98. The first-order chi connectivity index (χ1) is 11.9. The van der Waals surface area contributed by atoms with Crippen LogP contribution in [0.3, 0.4) is 0 Å². The Morgan fingerprint density at radius 3 is 2.48 bits per heavy atom. The Hall–Kier alpha value is -2.66. The minimum absolute atomic E-state index is 0.334. The molecule has 1 unspecified atom stereocenters. The van der Waals surface area contributed by atoms with E-state index in [1.54, 1.807) is 4.90 Å². The number of benzene rings is 2. The zero-order valence-corrected chi connectivity index (χ0v) is 14.8. The van der Waals surface area contributed by atoms with Gasteiger partial charge in [0.1, 0.15) is 6.10 Å². The summed E-state index contributed by atoms with van der Waals surface area (Å²) in [5, 5.41) is 18.5. The third kappa shape index (κ3) is 3.03. The third-order valence-electron chi connectivity index (χ3n) is 4.66. The van der Waals surface area contributed by atoms with Crippen molar-refractivity contribution in [3.05, 3.63) is 59.2 Å². The largest absolute Gasteiger partial charge is 0.384 e. The van der Waals surface area contributed by atoms with Crippen molar-refractivity contribution in [2.75, 3.05) is 29.9 Å². The number of hydrogen-bond donors (Lipinski definition) is 2. The van der Waals surface area contributed by atoms with Crippen LogP contribution in [-0.4, -0.2) is 43.0 Å². The Morgan fingerprint density at radius 1 is 1.12 bits per heavy atom. The number of nitrogens with one attached hydrogen (secondary N) is 1. The van der Waals surface area contributed by atoms with Gasteiger partial charge in [-0.2, -0.15) is 0 Å². The standard InChI is InChI=1S/C20H23N3O2/c1-13-7-4-5-8-15(13)18(21)16-9-6-10-17-19(16)23(12-11-22(17)3)20(25)14(2)24/h4-10,14,21,24H,11-12H2,1-3H3. The first kappa shape index (κ1) is 17.2. The molecular formula is C20H23N3O2. The highest BCUT2D eigenvalue weighted by atomic mass is 16.3. The van der Waals surface area contributed by atoms with Gasteiger partial charge in [0, 0.05) is 31.3 Å². The lowest BCUT2D eigenvalue weighted by molar-refractivity contribution is -0.125. The van der Waals surface area contributed by atoms with Crippen molar-refractivity contribution < 1.29 is 9.90 Å². The summed E-state index contributed by atoms with van der Waals surface area (Å²) < 4.78 is 0. The average Bonchev–Trinajstić information content (AvgIpc) is 2.61. The van der Waals surface area contributed by atoms with Crippen molar-refractivity contribution in [3.63, 3.8) is 0 Å². The van der Waals surface area contributed by atoms with E-state index < -0.39 is 6.10 Å². The van der Waals surface area contributed by atoms with Gasteiger partial charge in [-0.05, 0) is 25.5 Å². The summed E-state index contributed by atoms with van der Waals surface area (Å²) >= 11 is 0. The van der Waals surface area contributed by atoms with Crippen LogP contribution < -0.4 is 9.80 Å². The molecule has 0 spiro atoms. The van der Waals surface area contributed by atoms with E-state index in [1.165, 1.54) is 6.92 Å². The van der Waals surface area contributed by atoms with Gasteiger partial charge in [-0.15, -0.1) is 0 Å². The number of carbonyl (C=O) groups is 1. The van der Waals surface area contributed by atoms with E-state index in [0.29, 0.717) is 30.1 Å². The molecule has 0 saturated heterocycles. The van der Waals surface area contributed by atoms with Crippen LogP contribution in [-0.2, 0) is 4.79 Å². The second-order valence-corrected chi connectivity index (χ2v) is 6.45. The van der Waals surface area contributed by atoms with Gasteiger partial charge in [0.15, 0.2) is 0 Å². The maximum absolute atomic E-state index is 12.5. The minimum Gasteiger partial charge on any atom is -0.384 e. The highest BCUT2D eigenvalue weighted by Gasteiger charge is 2.30. The predicted octanol–water partition coefficient (Wildman–Crippen LogP) is 2.57. The zero-order valence-electron chi connectivity index (χ0n) is 14.8. The SMILES string of the molecule is Cc1ccccc1C(=N)c1cccc2c1N(C(=O)C(C)O)CCN2C. The summed E-state index contributed by atoms with van der Waals surface area (Å²) in [6.45, 7) is 4.64. The summed E-state index contributed by atoms with van der Waals surface area (Å²) in [6, 6.07) is 13.5. The fourth-order valence-electron chi connectivity index (χ4n) is 3.25. The van der Waals surface area contributed by atoms with E-state index in [1.807, 2.05) is 56.4 Å². The van der Waals surface area contributed by atoms with E-state index >= 15 is 0 Å². The highest BCUT2D eigenvalue weighted by molar-refractivity contribution is 6.18. The number of anilines is 2. The molecule has 3 rings (SSSR count). The molecule has 0 saturated carbocycles. The van der Waals surface area contributed by atoms with Crippen molar-refractivity contribution in [3.8, 4) is 0 Å². The second kappa shape index (κ2) is 6.69. The van der Waals surface area contributed by atoms with Crippen LogP contribution >= 0.6 is 0 Å². The van der Waals surface area contributed by atoms with E-state index in [4.69, 9.17) is 5.41 Å². The average molecular weight is 337 g/mol. The molecule has 5 heteroatoms. The van der Waals surface area contributed by atoms with Crippen molar-refractivity contribution in [2.24, 2.45) is 0 Å². The number of aliphatic hydroxyl groups excluding tert-OH is 1. The van der Waals surface area contributed by atoms with Gasteiger partial charge in [0.05, 0.1) is 17.1 Å². The molecule has 1 atom stereocenters. The topological polar surface area (TPSA) is 67.6 Å².